The van der Waals surface area contributed by atoms with Crippen LogP contribution in [0.15, 0.2) is 72.9 Å². The van der Waals surface area contributed by atoms with Gasteiger partial charge < -0.3 is 34.3 Å². The lowest BCUT2D eigenvalue weighted by Gasteiger charge is -2.41. The molecule has 6 unspecified atom stereocenters. The maximum absolute atomic E-state index is 12.7. The lowest BCUT2D eigenvalue weighted by molar-refractivity contribution is -0.301. The van der Waals surface area contributed by atoms with E-state index >= 15 is 0 Å². The standard InChI is InChI=1S/C41H68O12S/c1-3-5-7-9-11-12-13-14-15-16-17-18-19-20-21-22-23-25-27-29-31-49-33-35(51-37(43)30-28-26-24-10-8-6-4-2)34-50-41-39(45)40(53-54(46,47)48)38(44)36(32-42)52-41/h5,7,11-12,14-15,17-18,20-21,23,25,35-36,38-42,44-45H,3-4,6,8-10,13,16,19,22,24,26-34H2,1-2H3,(H,46,47,48)/b7-5-,12-11-,15-14-,18-17-,21-20-,25-23-. The summed E-state index contributed by atoms with van der Waals surface area (Å²) in [4.78, 5) is 12.7. The summed E-state index contributed by atoms with van der Waals surface area (Å²) >= 11 is 0. The fraction of sp³-hybridized carbons (Fsp3) is 0.683. The Morgan fingerprint density at radius 3 is 1.80 bits per heavy atom. The average Bonchev–Trinajstić information content (AvgIpc) is 3.14. The maximum atomic E-state index is 12.7. The van der Waals surface area contributed by atoms with Crippen LogP contribution in [0.1, 0.15) is 117 Å². The fourth-order valence-corrected chi connectivity index (χ4v) is 5.90. The molecule has 0 aliphatic carbocycles. The summed E-state index contributed by atoms with van der Waals surface area (Å²) in [5, 5.41) is 30.5. The zero-order valence-electron chi connectivity index (χ0n) is 32.5. The van der Waals surface area contributed by atoms with Crippen LogP contribution in [0.4, 0.5) is 0 Å². The van der Waals surface area contributed by atoms with Gasteiger partial charge in [-0.05, 0) is 57.8 Å². The Morgan fingerprint density at radius 1 is 0.722 bits per heavy atom. The Morgan fingerprint density at radius 2 is 1.26 bits per heavy atom. The van der Waals surface area contributed by atoms with Gasteiger partial charge >= 0.3 is 16.4 Å². The van der Waals surface area contributed by atoms with Crippen molar-refractivity contribution in [1.82, 2.24) is 0 Å². The number of hydrogen-bond acceptors (Lipinski definition) is 11. The molecule has 1 saturated heterocycles. The molecule has 0 radical (unpaired) electrons. The number of esters is 1. The van der Waals surface area contributed by atoms with E-state index in [1.165, 1.54) is 19.3 Å². The number of ether oxygens (including phenoxy) is 4. The minimum Gasteiger partial charge on any atom is -0.457 e. The van der Waals surface area contributed by atoms with E-state index in [1.54, 1.807) is 0 Å². The molecule has 4 N–H and O–H groups in total. The highest BCUT2D eigenvalue weighted by Gasteiger charge is 2.48. The predicted octanol–water partition coefficient (Wildman–Crippen LogP) is 7.18. The number of rotatable bonds is 32. The van der Waals surface area contributed by atoms with Crippen LogP contribution in [0.5, 0.6) is 0 Å². The fourth-order valence-electron chi connectivity index (χ4n) is 5.39. The Balaban J connectivity index is 2.48. The number of aliphatic hydroxyl groups excluding tert-OH is 3. The molecule has 0 saturated carbocycles. The second-order valence-corrected chi connectivity index (χ2v) is 14.2. The second-order valence-electron chi connectivity index (χ2n) is 13.1. The van der Waals surface area contributed by atoms with Gasteiger partial charge in [-0.15, -0.1) is 0 Å². The molecule has 6 atom stereocenters. The summed E-state index contributed by atoms with van der Waals surface area (Å²) in [5.74, 6) is -0.430. The molecule has 1 heterocycles. The van der Waals surface area contributed by atoms with Crippen molar-refractivity contribution < 1.29 is 56.2 Å². The first-order valence-corrected chi connectivity index (χ1v) is 21.1. The van der Waals surface area contributed by atoms with Gasteiger partial charge in [0, 0.05) is 13.0 Å². The Labute approximate surface area is 324 Å². The van der Waals surface area contributed by atoms with Crippen molar-refractivity contribution in [2.45, 2.75) is 153 Å². The number of carbonyl (C=O) groups is 1. The van der Waals surface area contributed by atoms with Crippen LogP contribution in [-0.2, 0) is 38.3 Å². The first kappa shape index (κ1) is 49.6. The van der Waals surface area contributed by atoms with Crippen molar-refractivity contribution in [2.24, 2.45) is 0 Å². The van der Waals surface area contributed by atoms with E-state index in [0.29, 0.717) is 13.0 Å². The van der Waals surface area contributed by atoms with Crippen LogP contribution in [0.3, 0.4) is 0 Å². The first-order chi connectivity index (χ1) is 26.1. The van der Waals surface area contributed by atoms with Gasteiger partial charge in [0.2, 0.25) is 0 Å². The normalized spacial score (nSPS) is 21.9. The highest BCUT2D eigenvalue weighted by atomic mass is 32.3. The zero-order chi connectivity index (χ0) is 39.7. The minimum absolute atomic E-state index is 0.00761. The topological polar surface area (TPSA) is 178 Å². The summed E-state index contributed by atoms with van der Waals surface area (Å²) in [7, 11) is -5.06. The van der Waals surface area contributed by atoms with E-state index in [0.717, 1.165) is 70.6 Å². The maximum Gasteiger partial charge on any atom is 0.397 e. The number of allylic oxidation sites excluding steroid dienone is 12. The van der Waals surface area contributed by atoms with Gasteiger partial charge in [0.15, 0.2) is 6.29 Å². The highest BCUT2D eigenvalue weighted by Crippen LogP contribution is 2.26. The molecule has 1 aliphatic heterocycles. The monoisotopic (exact) mass is 784 g/mol. The van der Waals surface area contributed by atoms with Crippen molar-refractivity contribution in [3.63, 3.8) is 0 Å². The molecular formula is C41H68O12S. The average molecular weight is 785 g/mol. The van der Waals surface area contributed by atoms with Crippen LogP contribution < -0.4 is 0 Å². The van der Waals surface area contributed by atoms with E-state index in [9.17, 15) is 28.5 Å². The third kappa shape index (κ3) is 26.4. The molecule has 13 heteroatoms. The molecular weight excluding hydrogens is 717 g/mol. The summed E-state index contributed by atoms with van der Waals surface area (Å²) in [5.41, 5.74) is 0. The minimum atomic E-state index is -5.06. The van der Waals surface area contributed by atoms with Crippen molar-refractivity contribution in [3.05, 3.63) is 72.9 Å². The molecule has 12 nitrogen and oxygen atoms in total. The van der Waals surface area contributed by atoms with Gasteiger partial charge in [0.1, 0.15) is 30.5 Å². The number of unbranched alkanes of at least 4 members (excludes halogenated alkanes) is 7. The Bertz CT molecular complexity index is 1230. The van der Waals surface area contributed by atoms with Crippen LogP contribution in [0.2, 0.25) is 0 Å². The molecule has 54 heavy (non-hydrogen) atoms. The van der Waals surface area contributed by atoms with Crippen LogP contribution in [0, 0.1) is 0 Å². The van der Waals surface area contributed by atoms with Crippen molar-refractivity contribution in [3.8, 4) is 0 Å². The summed E-state index contributed by atoms with van der Waals surface area (Å²) in [6.07, 6.45) is 31.3. The molecule has 310 valence electrons. The van der Waals surface area contributed by atoms with Gasteiger partial charge in [-0.3, -0.25) is 9.35 Å². The third-order valence-electron chi connectivity index (χ3n) is 8.34. The van der Waals surface area contributed by atoms with Gasteiger partial charge in [-0.25, -0.2) is 4.18 Å². The molecule has 0 aromatic carbocycles. The van der Waals surface area contributed by atoms with E-state index in [4.69, 9.17) is 23.5 Å². The molecule has 1 fully saturated rings. The molecule has 0 aromatic heterocycles. The smallest absolute Gasteiger partial charge is 0.397 e. The SMILES string of the molecule is CC/C=C\C/C=C\C/C=C\C/C=C\C/C=C\C/C=C\CCCOCC(COC1OC(CO)C(O)C(OS(=O)(=O)O)C1O)OC(=O)CCCCCCCCC. The van der Waals surface area contributed by atoms with Crippen LogP contribution >= 0.6 is 0 Å². The first-order valence-electron chi connectivity index (χ1n) is 19.7. The zero-order valence-corrected chi connectivity index (χ0v) is 33.3. The summed E-state index contributed by atoms with van der Waals surface area (Å²) in [6, 6.07) is 0. The highest BCUT2D eigenvalue weighted by molar-refractivity contribution is 7.80. The van der Waals surface area contributed by atoms with Gasteiger partial charge in [-0.2, -0.15) is 8.42 Å². The van der Waals surface area contributed by atoms with Crippen LogP contribution in [-0.4, -0.2) is 97.5 Å². The van der Waals surface area contributed by atoms with E-state index < -0.39 is 59.8 Å². The lowest BCUT2D eigenvalue weighted by Crippen LogP contribution is -2.60. The molecule has 0 bridgehead atoms. The Kier molecular flexibility index (Phi) is 30.1. The van der Waals surface area contributed by atoms with Gasteiger partial charge in [0.25, 0.3) is 0 Å². The lowest BCUT2D eigenvalue weighted by atomic mass is 9.99. The van der Waals surface area contributed by atoms with E-state index in [1.807, 2.05) is 0 Å². The third-order valence-corrected chi connectivity index (χ3v) is 8.81. The largest absolute Gasteiger partial charge is 0.457 e. The molecule has 0 aromatic rings. The van der Waals surface area contributed by atoms with E-state index in [2.05, 4.69) is 90.9 Å². The Hall–Kier alpha value is -2.46. The summed E-state index contributed by atoms with van der Waals surface area (Å²) < 4.78 is 58.6. The number of hydrogen-bond donors (Lipinski definition) is 4. The van der Waals surface area contributed by atoms with E-state index in [-0.39, 0.29) is 19.6 Å². The molecule has 0 amide bonds. The predicted molar refractivity (Wildman–Crippen MR) is 211 cm³/mol. The van der Waals surface area contributed by atoms with Crippen molar-refractivity contribution >= 4 is 16.4 Å². The number of carbonyl (C=O) groups excluding carboxylic acids is 1. The molecule has 0 spiro atoms. The quantitative estimate of drug-likeness (QED) is 0.0234. The molecule has 1 aliphatic rings. The van der Waals surface area contributed by atoms with Gasteiger partial charge in [-0.1, -0.05) is 125 Å². The van der Waals surface area contributed by atoms with Crippen molar-refractivity contribution in [1.29, 1.82) is 0 Å². The van der Waals surface area contributed by atoms with Crippen molar-refractivity contribution in [2.75, 3.05) is 26.4 Å². The second kappa shape index (κ2) is 32.8. The van der Waals surface area contributed by atoms with Crippen LogP contribution in [0.25, 0.3) is 0 Å². The number of aliphatic hydroxyl groups is 3. The summed E-state index contributed by atoms with van der Waals surface area (Å²) in [6.45, 7) is 3.63. The van der Waals surface area contributed by atoms with Gasteiger partial charge in [0.05, 0.1) is 19.8 Å². The molecule has 1 rings (SSSR count).